The monoisotopic (exact) mass is 372 g/mol. The summed E-state index contributed by atoms with van der Waals surface area (Å²) in [6, 6.07) is 7.77. The van der Waals surface area contributed by atoms with Gasteiger partial charge in [0.1, 0.15) is 12.7 Å². The molecule has 0 spiro atoms. The van der Waals surface area contributed by atoms with Gasteiger partial charge in [-0.1, -0.05) is 0 Å². The van der Waals surface area contributed by atoms with E-state index in [-0.39, 0.29) is 13.2 Å². The molecule has 0 unspecified atom stereocenters. The first kappa shape index (κ1) is 17.4. The Morgan fingerprint density at radius 3 is 2.46 bits per heavy atom. The van der Waals surface area contributed by atoms with Crippen LogP contribution in [0, 0.1) is 0 Å². The number of carbonyl (C=O) groups excluding carboxylic acids is 1. The van der Waals surface area contributed by atoms with E-state index in [4.69, 9.17) is 8.92 Å². The fraction of sp³-hybridized carbons (Fsp3) is 0.533. The maximum atomic E-state index is 12.0. The van der Waals surface area contributed by atoms with Crippen LogP contribution in [-0.2, 0) is 19.0 Å². The van der Waals surface area contributed by atoms with Crippen LogP contribution in [0.3, 0.4) is 0 Å². The molecule has 1 aromatic carbocycles. The normalized spacial score (nSPS) is 21.9. The fourth-order valence-electron chi connectivity index (χ4n) is 2.68. The van der Waals surface area contributed by atoms with Crippen LogP contribution < -0.4 is 9.80 Å². The Bertz CT molecular complexity index is 686. The zero-order valence-corrected chi connectivity index (χ0v) is 15.0. The minimum absolute atomic E-state index is 0.162. The van der Waals surface area contributed by atoms with Crippen LogP contribution in [0.4, 0.5) is 16.2 Å². The van der Waals surface area contributed by atoms with Crippen molar-refractivity contribution in [3.63, 3.8) is 0 Å². The molecule has 1 amide bonds. The predicted molar refractivity (Wildman–Crippen MR) is 94.4 cm³/mol. The molecule has 0 aliphatic carbocycles. The molecule has 132 valence electrons. The number of carbonyl (C=O) groups is 1. The number of rotatable bonds is 5. The SMILES string of the molecule is CS(=O)(=O)OC[C@H]1CN(c2ccc(N3CCSCC3)cc2)C(=O)O1. The molecule has 2 aliphatic heterocycles. The van der Waals surface area contributed by atoms with Crippen molar-refractivity contribution >= 4 is 39.3 Å². The largest absolute Gasteiger partial charge is 0.441 e. The molecule has 2 aliphatic rings. The van der Waals surface area contributed by atoms with Gasteiger partial charge in [0.25, 0.3) is 10.1 Å². The van der Waals surface area contributed by atoms with E-state index >= 15 is 0 Å². The fourth-order valence-corrected chi connectivity index (χ4v) is 3.99. The number of nitrogens with zero attached hydrogens (tertiary/aromatic N) is 2. The van der Waals surface area contributed by atoms with Crippen molar-refractivity contribution in [3.05, 3.63) is 24.3 Å². The van der Waals surface area contributed by atoms with Crippen molar-refractivity contribution in [1.82, 2.24) is 0 Å². The molecule has 0 N–H and O–H groups in total. The van der Waals surface area contributed by atoms with Gasteiger partial charge in [0, 0.05) is 36.0 Å². The number of thioether (sulfide) groups is 1. The zero-order chi connectivity index (χ0) is 17.2. The molecule has 24 heavy (non-hydrogen) atoms. The molecular weight excluding hydrogens is 352 g/mol. The number of amides is 1. The van der Waals surface area contributed by atoms with Crippen molar-refractivity contribution in [1.29, 1.82) is 0 Å². The Hall–Kier alpha value is -1.45. The van der Waals surface area contributed by atoms with Gasteiger partial charge in [0.05, 0.1) is 12.8 Å². The van der Waals surface area contributed by atoms with Gasteiger partial charge >= 0.3 is 6.09 Å². The van der Waals surface area contributed by atoms with Crippen LogP contribution >= 0.6 is 11.8 Å². The van der Waals surface area contributed by atoms with Crippen LogP contribution in [0.25, 0.3) is 0 Å². The number of anilines is 2. The summed E-state index contributed by atoms with van der Waals surface area (Å²) in [7, 11) is -3.55. The smallest absolute Gasteiger partial charge is 0.414 e. The zero-order valence-electron chi connectivity index (χ0n) is 13.4. The summed E-state index contributed by atoms with van der Waals surface area (Å²) >= 11 is 1.96. The second-order valence-electron chi connectivity index (χ2n) is 5.72. The summed E-state index contributed by atoms with van der Waals surface area (Å²) in [5.74, 6) is 2.25. The van der Waals surface area contributed by atoms with Gasteiger partial charge in [-0.25, -0.2) is 4.79 Å². The first-order chi connectivity index (χ1) is 11.4. The molecule has 2 saturated heterocycles. The lowest BCUT2D eigenvalue weighted by Crippen LogP contribution is -2.32. The Morgan fingerprint density at radius 1 is 1.21 bits per heavy atom. The first-order valence-corrected chi connectivity index (χ1v) is 10.6. The van der Waals surface area contributed by atoms with Gasteiger partial charge in [-0.15, -0.1) is 0 Å². The summed E-state index contributed by atoms with van der Waals surface area (Å²) in [4.78, 5) is 15.8. The lowest BCUT2D eigenvalue weighted by molar-refractivity contribution is 0.107. The Balaban J connectivity index is 1.62. The van der Waals surface area contributed by atoms with Crippen molar-refractivity contribution < 1.29 is 22.1 Å². The molecule has 0 bridgehead atoms. The van der Waals surface area contributed by atoms with Crippen molar-refractivity contribution in [3.8, 4) is 0 Å². The van der Waals surface area contributed by atoms with Crippen LogP contribution in [0.15, 0.2) is 24.3 Å². The molecule has 0 radical (unpaired) electrons. The lowest BCUT2D eigenvalue weighted by atomic mass is 10.2. The van der Waals surface area contributed by atoms with Crippen LogP contribution in [0.2, 0.25) is 0 Å². The predicted octanol–water partition coefficient (Wildman–Crippen LogP) is 1.54. The quantitative estimate of drug-likeness (QED) is 0.726. The highest BCUT2D eigenvalue weighted by Crippen LogP contribution is 2.26. The van der Waals surface area contributed by atoms with Gasteiger partial charge in [-0.3, -0.25) is 9.08 Å². The van der Waals surface area contributed by atoms with Crippen molar-refractivity contribution in [2.75, 3.05) is 53.8 Å². The van der Waals surface area contributed by atoms with Gasteiger partial charge in [-0.05, 0) is 24.3 Å². The van der Waals surface area contributed by atoms with Crippen LogP contribution in [-0.4, -0.2) is 64.6 Å². The van der Waals surface area contributed by atoms with Gasteiger partial charge in [-0.2, -0.15) is 20.2 Å². The average molecular weight is 372 g/mol. The minimum Gasteiger partial charge on any atom is -0.441 e. The van der Waals surface area contributed by atoms with Gasteiger partial charge in [0.2, 0.25) is 0 Å². The van der Waals surface area contributed by atoms with E-state index in [2.05, 4.69) is 4.90 Å². The van der Waals surface area contributed by atoms with E-state index < -0.39 is 22.3 Å². The summed E-state index contributed by atoms with van der Waals surface area (Å²) < 4.78 is 31.9. The van der Waals surface area contributed by atoms with Gasteiger partial charge < -0.3 is 9.64 Å². The number of benzene rings is 1. The third kappa shape index (κ3) is 4.34. The number of cyclic esters (lactones) is 1. The molecule has 2 heterocycles. The summed E-state index contributed by atoms with van der Waals surface area (Å²) in [5.41, 5.74) is 1.88. The molecule has 9 heteroatoms. The number of hydrogen-bond donors (Lipinski definition) is 0. The first-order valence-electron chi connectivity index (χ1n) is 7.68. The number of ether oxygens (including phenoxy) is 1. The maximum Gasteiger partial charge on any atom is 0.414 e. The summed E-state index contributed by atoms with van der Waals surface area (Å²) in [6.45, 7) is 2.17. The summed E-state index contributed by atoms with van der Waals surface area (Å²) in [5, 5.41) is 0. The Labute approximate surface area is 146 Å². The van der Waals surface area contributed by atoms with E-state index in [0.717, 1.165) is 42.2 Å². The maximum absolute atomic E-state index is 12.0. The third-order valence-electron chi connectivity index (χ3n) is 3.88. The van der Waals surface area contributed by atoms with E-state index in [1.165, 1.54) is 4.90 Å². The lowest BCUT2D eigenvalue weighted by Gasteiger charge is -2.28. The second-order valence-corrected chi connectivity index (χ2v) is 8.59. The molecule has 1 aromatic rings. The highest BCUT2D eigenvalue weighted by molar-refractivity contribution is 7.99. The number of hydrogen-bond acceptors (Lipinski definition) is 7. The third-order valence-corrected chi connectivity index (χ3v) is 5.39. The molecule has 3 rings (SSSR count). The van der Waals surface area contributed by atoms with Crippen molar-refractivity contribution in [2.24, 2.45) is 0 Å². The average Bonchev–Trinajstić information content (AvgIpc) is 2.94. The molecule has 0 saturated carbocycles. The van der Waals surface area contributed by atoms with Crippen LogP contribution in [0.1, 0.15) is 0 Å². The Morgan fingerprint density at radius 2 is 1.83 bits per heavy atom. The second kappa shape index (κ2) is 7.20. The molecule has 7 nitrogen and oxygen atoms in total. The summed E-state index contributed by atoms with van der Waals surface area (Å²) in [6.07, 6.45) is -0.107. The van der Waals surface area contributed by atoms with Crippen LogP contribution in [0.5, 0.6) is 0 Å². The van der Waals surface area contributed by atoms with Gasteiger partial charge in [0.15, 0.2) is 0 Å². The van der Waals surface area contributed by atoms with E-state index in [1.807, 2.05) is 36.0 Å². The standard InChI is InChI=1S/C15H20N2O5S2/c1-24(19,20)21-11-14-10-17(15(18)22-14)13-4-2-12(3-5-13)16-6-8-23-9-7-16/h2-5,14H,6-11H2,1H3/t14-/m1/s1. The Kier molecular flexibility index (Phi) is 5.21. The van der Waals surface area contributed by atoms with Crippen molar-refractivity contribution in [2.45, 2.75) is 6.10 Å². The highest BCUT2D eigenvalue weighted by Gasteiger charge is 2.33. The molecular formula is C15H20N2O5S2. The molecule has 1 atom stereocenters. The van der Waals surface area contributed by atoms with E-state index in [1.54, 1.807) is 0 Å². The molecule has 2 fully saturated rings. The molecule has 0 aromatic heterocycles. The topological polar surface area (TPSA) is 76.2 Å². The minimum atomic E-state index is -3.55. The highest BCUT2D eigenvalue weighted by atomic mass is 32.2. The van der Waals surface area contributed by atoms with E-state index in [0.29, 0.717) is 0 Å². The van der Waals surface area contributed by atoms with E-state index in [9.17, 15) is 13.2 Å².